The van der Waals surface area contributed by atoms with Crippen molar-refractivity contribution < 1.29 is 39.9 Å². The molecule has 10 heteroatoms. The summed E-state index contributed by atoms with van der Waals surface area (Å²) in [5.41, 5.74) is -1.58. The van der Waals surface area contributed by atoms with Crippen LogP contribution in [-0.2, 0) is 6.18 Å². The van der Waals surface area contributed by atoms with Crippen molar-refractivity contribution in [2.24, 2.45) is 0 Å². The largest absolute Gasteiger partial charge is 0.499 e. The average molecular weight is 315 g/mol. The first-order chi connectivity index (χ1) is 8.34. The first-order valence-electron chi connectivity index (χ1n) is 4.35. The lowest BCUT2D eigenvalue weighted by molar-refractivity contribution is -0.360. The molecule has 0 saturated heterocycles. The molecule has 1 nitrogen and oxygen atoms in total. The van der Waals surface area contributed by atoms with Crippen molar-refractivity contribution in [2.45, 2.75) is 18.5 Å². The Bertz CT molecular complexity index is 464. The van der Waals surface area contributed by atoms with Crippen LogP contribution in [0.3, 0.4) is 0 Å². The summed E-state index contributed by atoms with van der Waals surface area (Å²) >= 11 is 5.16. The van der Waals surface area contributed by atoms with Gasteiger partial charge in [-0.25, -0.2) is 0 Å². The zero-order chi connectivity index (χ0) is 15.1. The average Bonchev–Trinajstić information content (AvgIpc) is 2.17. The molecule has 1 rings (SSSR count). The summed E-state index contributed by atoms with van der Waals surface area (Å²) in [6.45, 7) is 0. The predicted molar refractivity (Wildman–Crippen MR) is 48.1 cm³/mol. The number of ether oxygens (including phenoxy) is 1. The van der Waals surface area contributed by atoms with E-state index in [0.717, 1.165) is 0 Å². The fourth-order valence-electron chi connectivity index (χ4n) is 0.991. The molecule has 0 amide bonds. The van der Waals surface area contributed by atoms with E-state index >= 15 is 0 Å². The second kappa shape index (κ2) is 4.69. The quantitative estimate of drug-likeness (QED) is 0.706. The third-order valence-electron chi connectivity index (χ3n) is 1.82. The summed E-state index contributed by atoms with van der Waals surface area (Å²) in [5.74, 6) is -1.31. The number of hydrogen-bond acceptors (Lipinski definition) is 1. The molecule has 0 unspecified atom stereocenters. The molecular formula is C9H3ClF8O. The minimum Gasteiger partial charge on any atom is -0.426 e. The van der Waals surface area contributed by atoms with Crippen LogP contribution in [-0.4, -0.2) is 12.3 Å². The normalized spacial score (nSPS) is 13.5. The number of hydrogen-bond donors (Lipinski definition) is 0. The van der Waals surface area contributed by atoms with E-state index in [-0.39, 0.29) is 6.07 Å². The highest BCUT2D eigenvalue weighted by molar-refractivity contribution is 6.31. The summed E-state index contributed by atoms with van der Waals surface area (Å²) in [6, 6.07) is 0.936. The van der Waals surface area contributed by atoms with Crippen LogP contribution in [0, 0.1) is 0 Å². The molecule has 0 saturated carbocycles. The Balaban J connectivity index is 3.12. The minimum atomic E-state index is -6.05. The Morgan fingerprint density at radius 2 is 1.42 bits per heavy atom. The third kappa shape index (κ3) is 3.62. The van der Waals surface area contributed by atoms with Gasteiger partial charge >= 0.3 is 18.5 Å². The fourth-order valence-corrected chi connectivity index (χ4v) is 1.22. The van der Waals surface area contributed by atoms with Crippen LogP contribution in [0.25, 0.3) is 0 Å². The molecule has 0 aromatic heterocycles. The fraction of sp³-hybridized carbons (Fsp3) is 0.333. The van der Waals surface area contributed by atoms with Gasteiger partial charge in [0.05, 0.1) is 10.6 Å². The summed E-state index contributed by atoms with van der Waals surface area (Å²) in [7, 11) is 0. The Kier molecular flexibility index (Phi) is 3.91. The van der Waals surface area contributed by atoms with Crippen LogP contribution in [0.15, 0.2) is 18.2 Å². The third-order valence-corrected chi connectivity index (χ3v) is 2.15. The van der Waals surface area contributed by atoms with Crippen LogP contribution in [0.2, 0.25) is 5.02 Å². The van der Waals surface area contributed by atoms with E-state index in [4.69, 9.17) is 11.6 Å². The Morgan fingerprint density at radius 1 is 0.895 bits per heavy atom. The van der Waals surface area contributed by atoms with Crippen LogP contribution < -0.4 is 4.74 Å². The highest BCUT2D eigenvalue weighted by Crippen LogP contribution is 2.40. The van der Waals surface area contributed by atoms with Crippen LogP contribution in [0.5, 0.6) is 5.75 Å². The lowest BCUT2D eigenvalue weighted by atomic mass is 10.2. The van der Waals surface area contributed by atoms with Crippen molar-refractivity contribution in [3.63, 3.8) is 0 Å². The predicted octanol–water partition coefficient (Wildman–Crippen LogP) is 4.89. The Labute approximate surface area is 105 Å². The monoisotopic (exact) mass is 314 g/mol. The van der Waals surface area contributed by atoms with Crippen molar-refractivity contribution in [3.05, 3.63) is 28.8 Å². The maximum atomic E-state index is 12.5. The number of alkyl halides is 8. The number of halogens is 9. The van der Waals surface area contributed by atoms with Gasteiger partial charge in [0.1, 0.15) is 5.75 Å². The Hall–Kier alpha value is -1.25. The molecule has 0 aliphatic carbocycles. The zero-order valence-corrected chi connectivity index (χ0v) is 9.30. The maximum absolute atomic E-state index is 12.5. The van der Waals surface area contributed by atoms with Crippen LogP contribution in [0.4, 0.5) is 35.1 Å². The lowest BCUT2D eigenvalue weighted by Gasteiger charge is -2.20. The van der Waals surface area contributed by atoms with E-state index in [9.17, 15) is 35.1 Å². The summed E-state index contributed by atoms with van der Waals surface area (Å²) in [6.07, 6.45) is -16.7. The molecule has 0 fully saturated rings. The van der Waals surface area contributed by atoms with E-state index in [1.165, 1.54) is 0 Å². The molecule has 0 atom stereocenters. The van der Waals surface area contributed by atoms with Crippen molar-refractivity contribution in [3.8, 4) is 5.75 Å². The summed E-state index contributed by atoms with van der Waals surface area (Å²) in [5, 5.41) is -0.852. The molecule has 0 aliphatic rings. The highest BCUT2D eigenvalue weighted by Gasteiger charge is 2.61. The molecule has 1 aromatic rings. The van der Waals surface area contributed by atoms with Gasteiger partial charge in [0.15, 0.2) is 0 Å². The SMILES string of the molecule is FC(F)(F)c1cc(OC(F)(F)C(F)(F)F)ccc1Cl. The van der Waals surface area contributed by atoms with Crippen molar-refractivity contribution in [1.82, 2.24) is 0 Å². The van der Waals surface area contributed by atoms with E-state index in [1.54, 1.807) is 0 Å². The van der Waals surface area contributed by atoms with Crippen molar-refractivity contribution in [2.75, 3.05) is 0 Å². The van der Waals surface area contributed by atoms with Crippen LogP contribution >= 0.6 is 11.6 Å². The van der Waals surface area contributed by atoms with Gasteiger partial charge in [-0.05, 0) is 18.2 Å². The number of benzene rings is 1. The first kappa shape index (κ1) is 15.8. The van der Waals surface area contributed by atoms with Gasteiger partial charge in [-0.3, -0.25) is 0 Å². The van der Waals surface area contributed by atoms with E-state index < -0.39 is 34.8 Å². The maximum Gasteiger partial charge on any atom is 0.499 e. The van der Waals surface area contributed by atoms with Crippen molar-refractivity contribution >= 4 is 11.6 Å². The van der Waals surface area contributed by atoms with Crippen molar-refractivity contribution in [1.29, 1.82) is 0 Å². The lowest BCUT2D eigenvalue weighted by Crippen LogP contribution is -2.41. The van der Waals surface area contributed by atoms with Gasteiger partial charge in [-0.15, -0.1) is 0 Å². The highest BCUT2D eigenvalue weighted by atomic mass is 35.5. The van der Waals surface area contributed by atoms with Crippen LogP contribution in [0.1, 0.15) is 5.56 Å². The molecule has 108 valence electrons. The van der Waals surface area contributed by atoms with Gasteiger partial charge in [0, 0.05) is 0 Å². The Morgan fingerprint density at radius 3 is 1.84 bits per heavy atom. The van der Waals surface area contributed by atoms with Gasteiger partial charge < -0.3 is 4.74 Å². The first-order valence-corrected chi connectivity index (χ1v) is 4.73. The molecule has 0 aliphatic heterocycles. The topological polar surface area (TPSA) is 9.23 Å². The van der Waals surface area contributed by atoms with Gasteiger partial charge in [0.25, 0.3) is 0 Å². The van der Waals surface area contributed by atoms with E-state index in [1.807, 2.05) is 0 Å². The number of rotatable bonds is 2. The molecule has 19 heavy (non-hydrogen) atoms. The zero-order valence-electron chi connectivity index (χ0n) is 8.54. The standard InChI is InChI=1S/C9H3ClF8O/c10-6-2-1-4(3-5(6)7(11,12)13)19-9(17,18)8(14,15)16/h1-3H. The molecular weight excluding hydrogens is 312 g/mol. The second-order valence-electron chi connectivity index (χ2n) is 3.26. The molecule has 0 spiro atoms. The molecule has 1 aromatic carbocycles. The van der Waals surface area contributed by atoms with Gasteiger partial charge in [0.2, 0.25) is 0 Å². The summed E-state index contributed by atoms with van der Waals surface area (Å²) in [4.78, 5) is 0. The van der Waals surface area contributed by atoms with E-state index in [0.29, 0.717) is 12.1 Å². The smallest absolute Gasteiger partial charge is 0.426 e. The molecule has 0 radical (unpaired) electrons. The molecule has 0 bridgehead atoms. The van der Waals surface area contributed by atoms with Gasteiger partial charge in [-0.1, -0.05) is 11.6 Å². The minimum absolute atomic E-state index is 0.0397. The van der Waals surface area contributed by atoms with Gasteiger partial charge in [-0.2, -0.15) is 35.1 Å². The second-order valence-corrected chi connectivity index (χ2v) is 3.66. The molecule has 0 heterocycles. The van der Waals surface area contributed by atoms with E-state index in [2.05, 4.69) is 4.74 Å². The molecule has 0 N–H and O–H groups in total. The summed E-state index contributed by atoms with van der Waals surface area (Å²) < 4.78 is 101.